The van der Waals surface area contributed by atoms with Crippen LogP contribution in [0.1, 0.15) is 5.56 Å². The lowest BCUT2D eigenvalue weighted by atomic mass is 10.2. The number of fused-ring (bicyclic) bond motifs is 1. The highest BCUT2D eigenvalue weighted by molar-refractivity contribution is 5.46. The number of benzene rings is 1. The summed E-state index contributed by atoms with van der Waals surface area (Å²) in [5.74, 6) is 0. The Morgan fingerprint density at radius 3 is 2.93 bits per heavy atom. The molecule has 2 heterocycles. The van der Waals surface area contributed by atoms with E-state index in [0.717, 1.165) is 11.3 Å². The van der Waals surface area contributed by atoms with E-state index in [1.807, 2.05) is 36.5 Å². The van der Waals surface area contributed by atoms with E-state index in [-0.39, 0.29) is 0 Å². The maximum Gasteiger partial charge on any atom is 0.0926 e. The molecule has 0 spiro atoms. The van der Waals surface area contributed by atoms with Crippen LogP contribution in [-0.4, -0.2) is 9.89 Å². The molecule has 0 atom stereocenters. The molecule has 1 aromatic carbocycles. The number of hydrogen-bond acceptors (Lipinski definition) is 4. The molecule has 0 fully saturated rings. The Kier molecular flexibility index (Phi) is 1.74. The van der Waals surface area contributed by atoms with Gasteiger partial charge in [0.05, 0.1) is 24.6 Å². The third kappa shape index (κ3) is 1.38. The first-order valence-electron chi connectivity index (χ1n) is 4.70. The zero-order valence-corrected chi connectivity index (χ0v) is 7.98. The molecule has 1 aliphatic rings. The zero-order chi connectivity index (χ0) is 10.1. The van der Waals surface area contributed by atoms with Crippen molar-refractivity contribution < 1.29 is 0 Å². The fourth-order valence-electron chi connectivity index (χ4n) is 1.54. The van der Waals surface area contributed by atoms with Gasteiger partial charge in [-0.15, -0.1) is 5.11 Å². The first-order valence-corrected chi connectivity index (χ1v) is 4.70. The molecule has 15 heavy (non-hydrogen) atoms. The molecule has 0 saturated carbocycles. The van der Waals surface area contributed by atoms with Crippen molar-refractivity contribution in [2.75, 3.05) is 5.12 Å². The average molecular weight is 199 g/mol. The van der Waals surface area contributed by atoms with Gasteiger partial charge in [-0.1, -0.05) is 18.2 Å². The minimum atomic E-state index is 0.696. The summed E-state index contributed by atoms with van der Waals surface area (Å²) in [6.45, 7) is 0.696. The third-order valence-electron chi connectivity index (χ3n) is 2.29. The fraction of sp³-hybridized carbons (Fsp3) is 0.100. The highest BCUT2D eigenvalue weighted by Crippen LogP contribution is 2.24. The fourth-order valence-corrected chi connectivity index (χ4v) is 1.54. The summed E-state index contributed by atoms with van der Waals surface area (Å²) in [4.78, 5) is 1.67. The molecule has 0 radical (unpaired) electrons. The molecule has 0 unspecified atom stereocenters. The topological polar surface area (TPSA) is 45.8 Å². The van der Waals surface area contributed by atoms with Gasteiger partial charge in [0.25, 0.3) is 0 Å². The quantitative estimate of drug-likeness (QED) is 0.705. The van der Waals surface area contributed by atoms with Crippen LogP contribution in [0.3, 0.4) is 0 Å². The normalized spacial score (nSPS) is 14.0. The minimum absolute atomic E-state index is 0.696. The van der Waals surface area contributed by atoms with E-state index in [2.05, 4.69) is 15.4 Å². The van der Waals surface area contributed by atoms with E-state index in [1.165, 1.54) is 0 Å². The molecule has 5 nitrogen and oxygen atoms in total. The maximum atomic E-state index is 4.12. The molecular weight excluding hydrogens is 190 g/mol. The molecule has 3 rings (SSSR count). The lowest BCUT2D eigenvalue weighted by molar-refractivity contribution is 0.514. The summed E-state index contributed by atoms with van der Waals surface area (Å²) in [6, 6.07) is 9.82. The van der Waals surface area contributed by atoms with Crippen LogP contribution in [0.2, 0.25) is 0 Å². The molecule has 2 aromatic rings. The molecule has 0 amide bonds. The monoisotopic (exact) mass is 199 g/mol. The number of aromatic nitrogens is 2. The van der Waals surface area contributed by atoms with Gasteiger partial charge in [-0.05, 0) is 17.4 Å². The first-order chi connectivity index (χ1) is 7.43. The maximum absolute atomic E-state index is 4.12. The molecule has 1 aliphatic heterocycles. The molecule has 0 saturated heterocycles. The number of nitrogens with zero attached hydrogens (tertiary/aromatic N) is 5. The van der Waals surface area contributed by atoms with Gasteiger partial charge < -0.3 is 0 Å². The lowest BCUT2D eigenvalue weighted by Crippen LogP contribution is -2.29. The molecular formula is C10H9N5. The van der Waals surface area contributed by atoms with Gasteiger partial charge in [0.1, 0.15) is 0 Å². The van der Waals surface area contributed by atoms with Crippen molar-refractivity contribution >= 4 is 5.69 Å². The van der Waals surface area contributed by atoms with Crippen LogP contribution < -0.4 is 5.12 Å². The van der Waals surface area contributed by atoms with Gasteiger partial charge in [0, 0.05) is 5.56 Å². The van der Waals surface area contributed by atoms with Crippen molar-refractivity contribution in [1.29, 1.82) is 0 Å². The zero-order valence-electron chi connectivity index (χ0n) is 7.98. The summed E-state index contributed by atoms with van der Waals surface area (Å²) in [5.41, 5.74) is 2.09. The standard InChI is InChI=1S/C10H9N5/c1-2-5-10-9(4-1)8-15(13-12-10)14-7-3-6-11-14/h1-7H,8H2. The molecule has 0 bridgehead atoms. The minimum Gasteiger partial charge on any atom is -0.162 e. The molecule has 0 N–H and O–H groups in total. The highest BCUT2D eigenvalue weighted by Gasteiger charge is 2.13. The van der Waals surface area contributed by atoms with Gasteiger partial charge in [-0.3, -0.25) is 0 Å². The molecule has 74 valence electrons. The Morgan fingerprint density at radius 2 is 2.07 bits per heavy atom. The predicted octanol–water partition coefficient (Wildman–Crippen LogP) is 2.03. The van der Waals surface area contributed by atoms with Crippen LogP contribution in [0.4, 0.5) is 5.69 Å². The first kappa shape index (κ1) is 8.16. The summed E-state index contributed by atoms with van der Waals surface area (Å²) < 4.78 is 0. The molecule has 0 aliphatic carbocycles. The SMILES string of the molecule is c1ccc2c(c1)CN(n1cccn1)N=N2. The Hall–Kier alpha value is -2.17. The van der Waals surface area contributed by atoms with E-state index >= 15 is 0 Å². The summed E-state index contributed by atoms with van der Waals surface area (Å²) in [6.07, 6.45) is 3.56. The van der Waals surface area contributed by atoms with Crippen molar-refractivity contribution in [3.8, 4) is 0 Å². The molecule has 5 heteroatoms. The van der Waals surface area contributed by atoms with E-state index in [0.29, 0.717) is 6.54 Å². The predicted molar refractivity (Wildman–Crippen MR) is 55.1 cm³/mol. The Bertz CT molecular complexity index is 488. The van der Waals surface area contributed by atoms with Gasteiger partial charge in [0.2, 0.25) is 0 Å². The van der Waals surface area contributed by atoms with Crippen LogP contribution in [0, 0.1) is 0 Å². The third-order valence-corrected chi connectivity index (χ3v) is 2.29. The smallest absolute Gasteiger partial charge is 0.0926 e. The number of hydrogen-bond donors (Lipinski definition) is 0. The van der Waals surface area contributed by atoms with Gasteiger partial charge in [0.15, 0.2) is 0 Å². The summed E-state index contributed by atoms with van der Waals surface area (Å²) in [5, 5.41) is 14.0. The summed E-state index contributed by atoms with van der Waals surface area (Å²) in [7, 11) is 0. The van der Waals surface area contributed by atoms with E-state index in [9.17, 15) is 0 Å². The second-order valence-electron chi connectivity index (χ2n) is 3.27. The van der Waals surface area contributed by atoms with Crippen LogP contribution in [0.25, 0.3) is 0 Å². The van der Waals surface area contributed by atoms with Crippen molar-refractivity contribution in [2.45, 2.75) is 6.54 Å². The van der Waals surface area contributed by atoms with E-state index < -0.39 is 0 Å². The summed E-state index contributed by atoms with van der Waals surface area (Å²) >= 11 is 0. The van der Waals surface area contributed by atoms with Crippen LogP contribution in [-0.2, 0) is 6.54 Å². The van der Waals surface area contributed by atoms with Gasteiger partial charge in [-0.25, -0.2) is 0 Å². The molecule has 1 aromatic heterocycles. The Morgan fingerprint density at radius 1 is 1.13 bits per heavy atom. The van der Waals surface area contributed by atoms with Crippen LogP contribution in [0.15, 0.2) is 53.1 Å². The highest BCUT2D eigenvalue weighted by atomic mass is 15.8. The Balaban J connectivity index is 1.96. The van der Waals surface area contributed by atoms with Crippen LogP contribution in [0.5, 0.6) is 0 Å². The average Bonchev–Trinajstić information content (AvgIpc) is 2.82. The van der Waals surface area contributed by atoms with E-state index in [1.54, 1.807) is 16.1 Å². The Labute approximate surface area is 86.6 Å². The van der Waals surface area contributed by atoms with Crippen molar-refractivity contribution in [3.63, 3.8) is 0 Å². The second-order valence-corrected chi connectivity index (χ2v) is 3.27. The van der Waals surface area contributed by atoms with Gasteiger partial charge >= 0.3 is 0 Å². The van der Waals surface area contributed by atoms with Crippen molar-refractivity contribution in [2.24, 2.45) is 10.3 Å². The van der Waals surface area contributed by atoms with E-state index in [4.69, 9.17) is 0 Å². The van der Waals surface area contributed by atoms with Crippen molar-refractivity contribution in [3.05, 3.63) is 48.3 Å². The lowest BCUT2D eigenvalue weighted by Gasteiger charge is -2.21. The van der Waals surface area contributed by atoms with Gasteiger partial charge in [-0.2, -0.15) is 15.0 Å². The number of rotatable bonds is 1. The van der Waals surface area contributed by atoms with Crippen LogP contribution >= 0.6 is 0 Å². The second kappa shape index (κ2) is 3.20. The largest absolute Gasteiger partial charge is 0.162 e. The van der Waals surface area contributed by atoms with Crippen molar-refractivity contribution in [1.82, 2.24) is 9.89 Å².